The van der Waals surface area contributed by atoms with E-state index >= 15 is 0 Å². The predicted molar refractivity (Wildman–Crippen MR) is 111 cm³/mol. The maximum absolute atomic E-state index is 12.7. The molecule has 0 atom stereocenters. The molecule has 3 rings (SSSR count). The van der Waals surface area contributed by atoms with Gasteiger partial charge in [-0.1, -0.05) is 6.07 Å². The van der Waals surface area contributed by atoms with Crippen molar-refractivity contribution in [3.05, 3.63) is 59.9 Å². The van der Waals surface area contributed by atoms with Crippen molar-refractivity contribution in [3.63, 3.8) is 0 Å². The van der Waals surface area contributed by atoms with Gasteiger partial charge in [-0.2, -0.15) is 0 Å². The summed E-state index contributed by atoms with van der Waals surface area (Å²) in [6.07, 6.45) is 1.72. The van der Waals surface area contributed by atoms with Crippen molar-refractivity contribution in [3.8, 4) is 5.75 Å². The molecule has 0 spiro atoms. The molecule has 1 aromatic heterocycles. The van der Waals surface area contributed by atoms with Gasteiger partial charge >= 0.3 is 0 Å². The quantitative estimate of drug-likeness (QED) is 0.775. The molecule has 0 radical (unpaired) electrons. The van der Waals surface area contributed by atoms with Crippen molar-refractivity contribution in [2.45, 2.75) is 20.0 Å². The van der Waals surface area contributed by atoms with Crippen LogP contribution in [0.4, 0.5) is 0 Å². The van der Waals surface area contributed by atoms with Crippen LogP contribution in [0.25, 0.3) is 0 Å². The molecule has 7 nitrogen and oxygen atoms in total. The zero-order chi connectivity index (χ0) is 20.6. The molecular weight excluding hydrogens is 368 g/mol. The SMILES string of the molecule is CC(C)Oc1ccc(C(=O)N2CCN(CCNC(=O)c3ccccn3)CC2)cc1. The second-order valence-electron chi connectivity index (χ2n) is 7.30. The van der Waals surface area contributed by atoms with Gasteiger partial charge in [0.1, 0.15) is 11.4 Å². The minimum absolute atomic E-state index is 0.0456. The molecule has 1 saturated heterocycles. The first kappa shape index (κ1) is 20.8. The van der Waals surface area contributed by atoms with Crippen molar-refractivity contribution < 1.29 is 14.3 Å². The molecule has 7 heteroatoms. The molecule has 0 unspecified atom stereocenters. The number of piperazine rings is 1. The lowest BCUT2D eigenvalue weighted by atomic mass is 10.1. The number of benzene rings is 1. The van der Waals surface area contributed by atoms with E-state index in [1.54, 1.807) is 24.4 Å². The van der Waals surface area contributed by atoms with Crippen molar-refractivity contribution >= 4 is 11.8 Å². The fraction of sp³-hybridized carbons (Fsp3) is 0.409. The van der Waals surface area contributed by atoms with E-state index in [-0.39, 0.29) is 17.9 Å². The van der Waals surface area contributed by atoms with Crippen LogP contribution in [0.2, 0.25) is 0 Å². The summed E-state index contributed by atoms with van der Waals surface area (Å²) in [5.41, 5.74) is 1.10. The number of ether oxygens (including phenoxy) is 1. The average Bonchev–Trinajstić information content (AvgIpc) is 2.74. The van der Waals surface area contributed by atoms with Crippen LogP contribution in [-0.4, -0.2) is 72.0 Å². The number of nitrogens with one attached hydrogen (secondary N) is 1. The Morgan fingerprint density at radius 2 is 1.79 bits per heavy atom. The maximum atomic E-state index is 12.7. The Kier molecular flexibility index (Phi) is 7.19. The highest BCUT2D eigenvalue weighted by Crippen LogP contribution is 2.16. The molecule has 0 bridgehead atoms. The van der Waals surface area contributed by atoms with E-state index in [1.807, 2.05) is 43.0 Å². The van der Waals surface area contributed by atoms with Crippen LogP contribution in [0, 0.1) is 0 Å². The second-order valence-corrected chi connectivity index (χ2v) is 7.30. The van der Waals surface area contributed by atoms with Crippen LogP contribution in [0.15, 0.2) is 48.7 Å². The first-order chi connectivity index (χ1) is 14.0. The van der Waals surface area contributed by atoms with Crippen LogP contribution in [0.1, 0.15) is 34.7 Å². The summed E-state index contributed by atoms with van der Waals surface area (Å²) in [5, 5.41) is 2.89. The molecular formula is C22H28N4O3. The molecule has 29 heavy (non-hydrogen) atoms. The lowest BCUT2D eigenvalue weighted by Crippen LogP contribution is -2.50. The summed E-state index contributed by atoms with van der Waals surface area (Å²) in [5.74, 6) is 0.655. The number of hydrogen-bond acceptors (Lipinski definition) is 5. The Morgan fingerprint density at radius 3 is 2.41 bits per heavy atom. The molecule has 2 amide bonds. The minimum atomic E-state index is -0.163. The van der Waals surface area contributed by atoms with Gasteiger partial charge in [0.25, 0.3) is 11.8 Å². The number of nitrogens with zero attached hydrogens (tertiary/aromatic N) is 3. The highest BCUT2D eigenvalue weighted by Gasteiger charge is 2.22. The smallest absolute Gasteiger partial charge is 0.269 e. The third kappa shape index (κ3) is 6.02. The van der Waals surface area contributed by atoms with E-state index in [4.69, 9.17) is 4.74 Å². The van der Waals surface area contributed by atoms with Crippen LogP contribution in [0.5, 0.6) is 5.75 Å². The molecule has 0 saturated carbocycles. The van der Waals surface area contributed by atoms with Gasteiger partial charge in [0.2, 0.25) is 0 Å². The largest absolute Gasteiger partial charge is 0.491 e. The summed E-state index contributed by atoms with van der Waals surface area (Å²) in [4.78, 5) is 32.9. The Bertz CT molecular complexity index is 801. The van der Waals surface area contributed by atoms with E-state index < -0.39 is 0 Å². The van der Waals surface area contributed by atoms with E-state index in [1.165, 1.54) is 0 Å². The molecule has 1 aliphatic rings. The molecule has 154 valence electrons. The van der Waals surface area contributed by atoms with E-state index in [0.717, 1.165) is 25.4 Å². The Hall–Kier alpha value is -2.93. The number of aromatic nitrogens is 1. The van der Waals surface area contributed by atoms with Gasteiger partial charge in [-0.15, -0.1) is 0 Å². The van der Waals surface area contributed by atoms with Gasteiger partial charge in [-0.3, -0.25) is 19.5 Å². The summed E-state index contributed by atoms with van der Waals surface area (Å²) < 4.78 is 5.63. The Labute approximate surface area is 171 Å². The third-order valence-electron chi connectivity index (χ3n) is 4.74. The Morgan fingerprint density at radius 1 is 1.07 bits per heavy atom. The molecule has 2 heterocycles. The molecule has 0 aliphatic carbocycles. The monoisotopic (exact) mass is 396 g/mol. The van der Waals surface area contributed by atoms with E-state index in [9.17, 15) is 9.59 Å². The van der Waals surface area contributed by atoms with E-state index in [2.05, 4.69) is 15.2 Å². The van der Waals surface area contributed by atoms with Gasteiger partial charge in [-0.25, -0.2) is 0 Å². The van der Waals surface area contributed by atoms with Gasteiger partial charge in [0, 0.05) is 51.0 Å². The molecule has 1 N–H and O–H groups in total. The van der Waals surface area contributed by atoms with E-state index in [0.29, 0.717) is 30.9 Å². The van der Waals surface area contributed by atoms with Gasteiger partial charge in [-0.05, 0) is 50.2 Å². The Balaban J connectivity index is 1.40. The highest BCUT2D eigenvalue weighted by atomic mass is 16.5. The second kappa shape index (κ2) is 10.0. The van der Waals surface area contributed by atoms with Crippen LogP contribution >= 0.6 is 0 Å². The fourth-order valence-corrected chi connectivity index (χ4v) is 3.22. The van der Waals surface area contributed by atoms with Gasteiger partial charge in [0.05, 0.1) is 6.10 Å². The van der Waals surface area contributed by atoms with Gasteiger partial charge in [0.15, 0.2) is 0 Å². The number of carbonyl (C=O) groups is 2. The summed E-state index contributed by atoms with van der Waals surface area (Å²) in [6.45, 7) is 8.20. The van der Waals surface area contributed by atoms with Gasteiger partial charge < -0.3 is 15.0 Å². The molecule has 1 aromatic carbocycles. The third-order valence-corrected chi connectivity index (χ3v) is 4.74. The molecule has 1 fully saturated rings. The number of rotatable bonds is 7. The predicted octanol–water partition coefficient (Wildman–Crippen LogP) is 2.06. The lowest BCUT2D eigenvalue weighted by Gasteiger charge is -2.34. The van der Waals surface area contributed by atoms with Crippen molar-refractivity contribution in [1.29, 1.82) is 0 Å². The highest BCUT2D eigenvalue weighted by molar-refractivity contribution is 5.94. The lowest BCUT2D eigenvalue weighted by molar-refractivity contribution is 0.0638. The van der Waals surface area contributed by atoms with Crippen LogP contribution < -0.4 is 10.1 Å². The fourth-order valence-electron chi connectivity index (χ4n) is 3.22. The minimum Gasteiger partial charge on any atom is -0.491 e. The van der Waals surface area contributed by atoms with Crippen LogP contribution in [0.3, 0.4) is 0 Å². The zero-order valence-corrected chi connectivity index (χ0v) is 17.0. The van der Waals surface area contributed by atoms with Crippen molar-refractivity contribution in [2.24, 2.45) is 0 Å². The summed E-state index contributed by atoms with van der Waals surface area (Å²) in [6, 6.07) is 12.6. The standard InChI is InChI=1S/C22H28N4O3/c1-17(2)29-19-8-6-18(7-9-19)22(28)26-15-13-25(14-16-26)12-11-24-21(27)20-5-3-4-10-23-20/h3-10,17H,11-16H2,1-2H3,(H,24,27). The topological polar surface area (TPSA) is 74.8 Å². The number of hydrogen-bond donors (Lipinski definition) is 1. The first-order valence-electron chi connectivity index (χ1n) is 10.0. The number of pyridine rings is 1. The van der Waals surface area contributed by atoms with Crippen molar-refractivity contribution in [2.75, 3.05) is 39.3 Å². The maximum Gasteiger partial charge on any atom is 0.269 e. The summed E-state index contributed by atoms with van der Waals surface area (Å²) in [7, 11) is 0. The average molecular weight is 396 g/mol. The normalized spacial score (nSPS) is 14.7. The number of carbonyl (C=O) groups excluding carboxylic acids is 2. The van der Waals surface area contributed by atoms with Crippen molar-refractivity contribution in [1.82, 2.24) is 20.1 Å². The summed E-state index contributed by atoms with van der Waals surface area (Å²) >= 11 is 0. The first-order valence-corrected chi connectivity index (χ1v) is 10.0. The van der Waals surface area contributed by atoms with Crippen LogP contribution in [-0.2, 0) is 0 Å². The zero-order valence-electron chi connectivity index (χ0n) is 17.0. The molecule has 2 aromatic rings. The molecule has 1 aliphatic heterocycles. The number of amides is 2.